The van der Waals surface area contributed by atoms with Gasteiger partial charge in [-0.25, -0.2) is 9.07 Å². The molecule has 6 heteroatoms. The van der Waals surface area contributed by atoms with Crippen molar-refractivity contribution in [1.29, 1.82) is 0 Å². The van der Waals surface area contributed by atoms with Crippen LogP contribution in [0.1, 0.15) is 23.4 Å². The molecule has 1 aromatic carbocycles. The predicted molar refractivity (Wildman–Crippen MR) is 88.3 cm³/mol. The standard InChI is InChI=1S/C17H23FN4O/c1-12-16(11-17(23)20-10-4-9-19-3)13(2)22(21-12)15-7-5-14(18)6-8-15/h5-8,19H,4,9-11H2,1-3H3,(H,20,23). The molecule has 5 nitrogen and oxygen atoms in total. The van der Waals surface area contributed by atoms with E-state index >= 15 is 0 Å². The van der Waals surface area contributed by atoms with E-state index in [4.69, 9.17) is 0 Å². The number of hydrogen-bond acceptors (Lipinski definition) is 3. The van der Waals surface area contributed by atoms with E-state index in [0.29, 0.717) is 13.0 Å². The molecule has 1 amide bonds. The fourth-order valence-corrected chi connectivity index (χ4v) is 2.48. The van der Waals surface area contributed by atoms with E-state index in [1.807, 2.05) is 20.9 Å². The van der Waals surface area contributed by atoms with Crippen molar-refractivity contribution in [3.05, 3.63) is 47.0 Å². The highest BCUT2D eigenvalue weighted by Gasteiger charge is 2.15. The average molecular weight is 318 g/mol. The van der Waals surface area contributed by atoms with Crippen LogP contribution in [0.3, 0.4) is 0 Å². The molecule has 0 saturated heterocycles. The number of benzene rings is 1. The van der Waals surface area contributed by atoms with E-state index < -0.39 is 0 Å². The van der Waals surface area contributed by atoms with E-state index in [1.54, 1.807) is 16.8 Å². The fourth-order valence-electron chi connectivity index (χ4n) is 2.48. The second-order valence-corrected chi connectivity index (χ2v) is 5.52. The number of rotatable bonds is 7. The van der Waals surface area contributed by atoms with Gasteiger partial charge >= 0.3 is 0 Å². The van der Waals surface area contributed by atoms with Gasteiger partial charge in [0, 0.05) is 17.8 Å². The van der Waals surface area contributed by atoms with Crippen LogP contribution in [0.15, 0.2) is 24.3 Å². The molecular weight excluding hydrogens is 295 g/mol. The van der Waals surface area contributed by atoms with E-state index in [-0.39, 0.29) is 11.7 Å². The molecule has 0 radical (unpaired) electrons. The Balaban J connectivity index is 2.08. The van der Waals surface area contributed by atoms with Crippen LogP contribution >= 0.6 is 0 Å². The fraction of sp³-hybridized carbons (Fsp3) is 0.412. The molecule has 0 aliphatic rings. The van der Waals surface area contributed by atoms with Gasteiger partial charge in [0.05, 0.1) is 17.8 Å². The Morgan fingerprint density at radius 2 is 1.91 bits per heavy atom. The van der Waals surface area contributed by atoms with Gasteiger partial charge in [-0.15, -0.1) is 0 Å². The first-order valence-electron chi connectivity index (χ1n) is 7.75. The Hall–Kier alpha value is -2.21. The number of nitrogens with zero attached hydrogens (tertiary/aromatic N) is 2. The third-order valence-corrected chi connectivity index (χ3v) is 3.78. The molecular formula is C17H23FN4O. The van der Waals surface area contributed by atoms with Crippen LogP contribution in [-0.2, 0) is 11.2 Å². The van der Waals surface area contributed by atoms with Crippen LogP contribution in [0.4, 0.5) is 4.39 Å². The van der Waals surface area contributed by atoms with Crippen molar-refractivity contribution < 1.29 is 9.18 Å². The second-order valence-electron chi connectivity index (χ2n) is 5.52. The molecule has 0 fully saturated rings. The highest BCUT2D eigenvalue weighted by atomic mass is 19.1. The Kier molecular flexibility index (Phi) is 5.87. The lowest BCUT2D eigenvalue weighted by Crippen LogP contribution is -2.28. The second kappa shape index (κ2) is 7.87. The summed E-state index contributed by atoms with van der Waals surface area (Å²) in [5.41, 5.74) is 3.42. The van der Waals surface area contributed by atoms with E-state index in [0.717, 1.165) is 35.6 Å². The van der Waals surface area contributed by atoms with Crippen molar-refractivity contribution in [1.82, 2.24) is 20.4 Å². The van der Waals surface area contributed by atoms with Crippen LogP contribution in [0, 0.1) is 19.7 Å². The molecule has 1 aromatic heterocycles. The summed E-state index contributed by atoms with van der Waals surface area (Å²) in [7, 11) is 1.89. The number of aryl methyl sites for hydroxylation is 1. The van der Waals surface area contributed by atoms with Crippen LogP contribution in [0.5, 0.6) is 0 Å². The third-order valence-electron chi connectivity index (χ3n) is 3.78. The first kappa shape index (κ1) is 17.1. The molecule has 2 rings (SSSR count). The summed E-state index contributed by atoms with van der Waals surface area (Å²) < 4.78 is 14.8. The molecule has 23 heavy (non-hydrogen) atoms. The Morgan fingerprint density at radius 3 is 2.57 bits per heavy atom. The minimum absolute atomic E-state index is 0.00837. The van der Waals surface area contributed by atoms with Crippen molar-refractivity contribution in [3.8, 4) is 5.69 Å². The van der Waals surface area contributed by atoms with Crippen LogP contribution in [0.25, 0.3) is 5.69 Å². The average Bonchev–Trinajstić information content (AvgIpc) is 2.80. The van der Waals surface area contributed by atoms with Gasteiger partial charge in [0.25, 0.3) is 0 Å². The lowest BCUT2D eigenvalue weighted by molar-refractivity contribution is -0.120. The van der Waals surface area contributed by atoms with Gasteiger partial charge in [0.2, 0.25) is 5.91 Å². The first-order valence-corrected chi connectivity index (χ1v) is 7.75. The quantitative estimate of drug-likeness (QED) is 0.767. The SMILES string of the molecule is CNCCCNC(=O)Cc1c(C)nn(-c2ccc(F)cc2)c1C. The molecule has 1 heterocycles. The summed E-state index contributed by atoms with van der Waals surface area (Å²) in [6, 6.07) is 6.16. The molecule has 2 N–H and O–H groups in total. The number of halogens is 1. The zero-order valence-electron chi connectivity index (χ0n) is 13.8. The maximum absolute atomic E-state index is 13.0. The zero-order chi connectivity index (χ0) is 16.8. The molecule has 0 spiro atoms. The number of aromatic nitrogens is 2. The molecule has 0 unspecified atom stereocenters. The Bertz CT molecular complexity index is 664. The highest BCUT2D eigenvalue weighted by molar-refractivity contribution is 5.79. The topological polar surface area (TPSA) is 58.9 Å². The molecule has 0 aliphatic carbocycles. The summed E-state index contributed by atoms with van der Waals surface area (Å²) in [4.78, 5) is 12.1. The van der Waals surface area contributed by atoms with Gasteiger partial charge in [-0.2, -0.15) is 5.10 Å². The summed E-state index contributed by atoms with van der Waals surface area (Å²) in [6.07, 6.45) is 1.20. The smallest absolute Gasteiger partial charge is 0.224 e. The van der Waals surface area contributed by atoms with Crippen LogP contribution in [-0.4, -0.2) is 35.8 Å². The van der Waals surface area contributed by atoms with E-state index in [1.165, 1.54) is 12.1 Å². The van der Waals surface area contributed by atoms with Gasteiger partial charge in [-0.3, -0.25) is 4.79 Å². The minimum Gasteiger partial charge on any atom is -0.356 e. The zero-order valence-corrected chi connectivity index (χ0v) is 13.8. The largest absolute Gasteiger partial charge is 0.356 e. The molecule has 124 valence electrons. The Labute approximate surface area is 135 Å². The van der Waals surface area contributed by atoms with Crippen LogP contribution < -0.4 is 10.6 Å². The summed E-state index contributed by atoms with van der Waals surface area (Å²) in [5.74, 6) is -0.289. The Morgan fingerprint density at radius 1 is 1.22 bits per heavy atom. The van der Waals surface area contributed by atoms with Gasteiger partial charge in [-0.05, 0) is 58.1 Å². The molecule has 2 aromatic rings. The monoisotopic (exact) mass is 318 g/mol. The molecule has 0 atom stereocenters. The minimum atomic E-state index is -0.281. The number of amides is 1. The van der Waals surface area contributed by atoms with E-state index in [2.05, 4.69) is 15.7 Å². The van der Waals surface area contributed by atoms with Crippen LogP contribution in [0.2, 0.25) is 0 Å². The van der Waals surface area contributed by atoms with Gasteiger partial charge in [0.1, 0.15) is 5.82 Å². The molecule has 0 saturated carbocycles. The summed E-state index contributed by atoms with van der Waals surface area (Å²) >= 11 is 0. The number of carbonyl (C=O) groups is 1. The summed E-state index contributed by atoms with van der Waals surface area (Å²) in [5, 5.41) is 10.4. The molecule has 0 bridgehead atoms. The van der Waals surface area contributed by atoms with Crippen molar-refractivity contribution in [2.45, 2.75) is 26.7 Å². The highest BCUT2D eigenvalue weighted by Crippen LogP contribution is 2.18. The number of carbonyl (C=O) groups excluding carboxylic acids is 1. The number of hydrogen-bond donors (Lipinski definition) is 2. The maximum Gasteiger partial charge on any atom is 0.224 e. The van der Waals surface area contributed by atoms with Crippen molar-refractivity contribution in [2.24, 2.45) is 0 Å². The lowest BCUT2D eigenvalue weighted by Gasteiger charge is -2.07. The third kappa shape index (κ3) is 4.39. The first-order chi connectivity index (χ1) is 11.0. The van der Waals surface area contributed by atoms with E-state index in [9.17, 15) is 9.18 Å². The normalized spacial score (nSPS) is 10.8. The predicted octanol–water partition coefficient (Wildman–Crippen LogP) is 1.90. The maximum atomic E-state index is 13.0. The lowest BCUT2D eigenvalue weighted by atomic mass is 10.1. The van der Waals surface area contributed by atoms with Crippen molar-refractivity contribution >= 4 is 5.91 Å². The molecule has 0 aliphatic heterocycles. The number of nitrogens with one attached hydrogen (secondary N) is 2. The van der Waals surface area contributed by atoms with Crippen molar-refractivity contribution in [3.63, 3.8) is 0 Å². The summed E-state index contributed by atoms with van der Waals surface area (Å²) in [6.45, 7) is 5.34. The van der Waals surface area contributed by atoms with Gasteiger partial charge < -0.3 is 10.6 Å². The van der Waals surface area contributed by atoms with Gasteiger partial charge in [0.15, 0.2) is 0 Å². The van der Waals surface area contributed by atoms with Crippen molar-refractivity contribution in [2.75, 3.05) is 20.1 Å². The van der Waals surface area contributed by atoms with Gasteiger partial charge in [-0.1, -0.05) is 0 Å².